The first kappa shape index (κ1) is 13.9. The second kappa shape index (κ2) is 6.13. The summed E-state index contributed by atoms with van der Waals surface area (Å²) in [6.45, 7) is 0. The highest BCUT2D eigenvalue weighted by molar-refractivity contribution is 5.86. The van der Waals surface area contributed by atoms with Gasteiger partial charge in [-0.2, -0.15) is 5.26 Å². The average Bonchev–Trinajstić information content (AvgIpc) is 3.16. The molecule has 2 aliphatic carbocycles. The minimum atomic E-state index is 0.180. The molecule has 3 heteroatoms. The largest absolute Gasteiger partial charge is 0.411 e. The van der Waals surface area contributed by atoms with Crippen molar-refractivity contribution < 1.29 is 5.21 Å². The molecule has 3 rings (SSSR count). The van der Waals surface area contributed by atoms with E-state index in [1.807, 2.05) is 18.2 Å². The van der Waals surface area contributed by atoms with Gasteiger partial charge in [-0.15, -0.1) is 5.16 Å². The van der Waals surface area contributed by atoms with Crippen LogP contribution in [0.5, 0.6) is 0 Å². The predicted octanol–water partition coefficient (Wildman–Crippen LogP) is 4.37. The molecular formula is C18H20N2O. The second-order valence-electron chi connectivity index (χ2n) is 6.02. The van der Waals surface area contributed by atoms with Gasteiger partial charge in [-0.05, 0) is 54.9 Å². The van der Waals surface area contributed by atoms with E-state index in [2.05, 4.69) is 17.3 Å². The second-order valence-corrected chi connectivity index (χ2v) is 6.02. The molecule has 1 fully saturated rings. The zero-order valence-electron chi connectivity index (χ0n) is 12.1. The van der Waals surface area contributed by atoms with Gasteiger partial charge in [-0.3, -0.25) is 0 Å². The maximum absolute atomic E-state index is 9.12. The number of oxime groups is 1. The standard InChI is InChI=1S/C18H20N2O/c19-11-13-4-3-7-15(10-13)18-16(12-20-21)8-9-17(18)14-5-1-2-6-14/h3-4,7,10,12,14,16,21H,1-2,5-6,8-9H2. The summed E-state index contributed by atoms with van der Waals surface area (Å²) in [5.74, 6) is 0.863. The van der Waals surface area contributed by atoms with Crippen molar-refractivity contribution in [1.82, 2.24) is 0 Å². The van der Waals surface area contributed by atoms with Crippen molar-refractivity contribution in [2.75, 3.05) is 0 Å². The minimum absolute atomic E-state index is 0.180. The highest BCUT2D eigenvalue weighted by Crippen LogP contribution is 2.46. The molecule has 1 atom stereocenters. The van der Waals surface area contributed by atoms with Crippen molar-refractivity contribution in [3.05, 3.63) is 41.0 Å². The van der Waals surface area contributed by atoms with Gasteiger partial charge in [-0.1, -0.05) is 30.5 Å². The molecule has 1 aromatic carbocycles. The van der Waals surface area contributed by atoms with Crippen molar-refractivity contribution in [3.63, 3.8) is 0 Å². The first-order valence-corrected chi connectivity index (χ1v) is 7.74. The third-order valence-corrected chi connectivity index (χ3v) is 4.84. The Hall–Kier alpha value is -2.08. The van der Waals surface area contributed by atoms with E-state index in [4.69, 9.17) is 10.5 Å². The maximum Gasteiger partial charge on any atom is 0.0991 e. The number of nitriles is 1. The van der Waals surface area contributed by atoms with Crippen LogP contribution < -0.4 is 0 Å². The molecule has 2 aliphatic rings. The summed E-state index contributed by atoms with van der Waals surface area (Å²) in [5, 5.41) is 21.3. The summed E-state index contributed by atoms with van der Waals surface area (Å²) < 4.78 is 0. The molecule has 0 spiro atoms. The van der Waals surface area contributed by atoms with Crippen LogP contribution in [0, 0.1) is 23.2 Å². The van der Waals surface area contributed by atoms with Crippen LogP contribution in [0.25, 0.3) is 5.57 Å². The number of rotatable bonds is 3. The molecule has 1 saturated carbocycles. The van der Waals surface area contributed by atoms with Gasteiger partial charge < -0.3 is 5.21 Å². The molecule has 0 saturated heterocycles. The minimum Gasteiger partial charge on any atom is -0.411 e. The SMILES string of the molecule is N#Cc1cccc(C2=C(C3CCCC3)CCC2C=NO)c1. The third kappa shape index (κ3) is 2.71. The number of allylic oxidation sites excluding steroid dienone is 2. The predicted molar refractivity (Wildman–Crippen MR) is 83.0 cm³/mol. The summed E-state index contributed by atoms with van der Waals surface area (Å²) >= 11 is 0. The molecule has 3 nitrogen and oxygen atoms in total. The molecule has 0 heterocycles. The molecule has 1 N–H and O–H groups in total. The molecule has 0 aromatic heterocycles. The lowest BCUT2D eigenvalue weighted by Gasteiger charge is -2.16. The van der Waals surface area contributed by atoms with Gasteiger partial charge in [0.25, 0.3) is 0 Å². The Morgan fingerprint density at radius 2 is 2.05 bits per heavy atom. The molecule has 1 aromatic rings. The summed E-state index contributed by atoms with van der Waals surface area (Å²) in [6.07, 6.45) is 8.95. The fourth-order valence-corrected chi connectivity index (χ4v) is 3.91. The Balaban J connectivity index is 2.05. The van der Waals surface area contributed by atoms with Crippen molar-refractivity contribution in [1.29, 1.82) is 5.26 Å². The van der Waals surface area contributed by atoms with E-state index in [0.717, 1.165) is 18.4 Å². The van der Waals surface area contributed by atoms with Crippen LogP contribution in [0.4, 0.5) is 0 Å². The molecular weight excluding hydrogens is 260 g/mol. The molecule has 0 aliphatic heterocycles. The lowest BCUT2D eigenvalue weighted by atomic mass is 9.88. The maximum atomic E-state index is 9.12. The van der Waals surface area contributed by atoms with Crippen molar-refractivity contribution in [2.24, 2.45) is 17.0 Å². The normalized spacial score (nSPS) is 23.1. The van der Waals surface area contributed by atoms with Gasteiger partial charge in [-0.25, -0.2) is 0 Å². The first-order valence-electron chi connectivity index (χ1n) is 7.74. The summed E-state index contributed by atoms with van der Waals surface area (Å²) in [7, 11) is 0. The van der Waals surface area contributed by atoms with Crippen LogP contribution in [0.3, 0.4) is 0 Å². The third-order valence-electron chi connectivity index (χ3n) is 4.84. The Bertz CT molecular complexity index is 618. The summed E-state index contributed by atoms with van der Waals surface area (Å²) in [5.41, 5.74) is 4.65. The first-order chi connectivity index (χ1) is 10.3. The molecule has 21 heavy (non-hydrogen) atoms. The van der Waals surface area contributed by atoms with Gasteiger partial charge >= 0.3 is 0 Å². The highest BCUT2D eigenvalue weighted by Gasteiger charge is 2.31. The topological polar surface area (TPSA) is 56.4 Å². The molecule has 1 unspecified atom stereocenters. The van der Waals surface area contributed by atoms with E-state index in [1.54, 1.807) is 6.21 Å². The number of hydrogen-bond acceptors (Lipinski definition) is 3. The number of hydrogen-bond donors (Lipinski definition) is 1. The number of benzene rings is 1. The summed E-state index contributed by atoms with van der Waals surface area (Å²) in [6, 6.07) is 10.0. The van der Waals surface area contributed by atoms with Crippen LogP contribution >= 0.6 is 0 Å². The Labute approximate surface area is 125 Å². The van der Waals surface area contributed by atoms with E-state index >= 15 is 0 Å². The monoisotopic (exact) mass is 280 g/mol. The van der Waals surface area contributed by atoms with Gasteiger partial charge in [0.15, 0.2) is 0 Å². The average molecular weight is 280 g/mol. The lowest BCUT2D eigenvalue weighted by molar-refractivity contribution is 0.319. The van der Waals surface area contributed by atoms with E-state index in [9.17, 15) is 0 Å². The Morgan fingerprint density at radius 1 is 1.24 bits per heavy atom. The van der Waals surface area contributed by atoms with Crippen molar-refractivity contribution >= 4 is 11.8 Å². The fraction of sp³-hybridized carbons (Fsp3) is 0.444. The van der Waals surface area contributed by atoms with Gasteiger partial charge in [0.1, 0.15) is 0 Å². The van der Waals surface area contributed by atoms with Crippen LogP contribution in [0.15, 0.2) is 35.0 Å². The zero-order valence-corrected chi connectivity index (χ0v) is 12.1. The number of nitrogens with zero attached hydrogens (tertiary/aromatic N) is 2. The smallest absolute Gasteiger partial charge is 0.0991 e. The summed E-state index contributed by atoms with van der Waals surface area (Å²) in [4.78, 5) is 0. The molecule has 108 valence electrons. The van der Waals surface area contributed by atoms with Gasteiger partial charge in [0.2, 0.25) is 0 Å². The van der Waals surface area contributed by atoms with E-state index in [0.29, 0.717) is 11.5 Å². The molecule has 0 bridgehead atoms. The quantitative estimate of drug-likeness (QED) is 0.507. The Kier molecular flexibility index (Phi) is 4.06. The van der Waals surface area contributed by atoms with Crippen LogP contribution in [-0.4, -0.2) is 11.4 Å². The van der Waals surface area contributed by atoms with Crippen molar-refractivity contribution in [3.8, 4) is 6.07 Å². The van der Waals surface area contributed by atoms with Crippen LogP contribution in [-0.2, 0) is 0 Å². The Morgan fingerprint density at radius 3 is 2.76 bits per heavy atom. The van der Waals surface area contributed by atoms with Gasteiger partial charge in [0.05, 0.1) is 17.8 Å². The lowest BCUT2D eigenvalue weighted by Crippen LogP contribution is -2.04. The van der Waals surface area contributed by atoms with E-state index in [1.165, 1.54) is 36.8 Å². The van der Waals surface area contributed by atoms with Gasteiger partial charge in [0, 0.05) is 5.92 Å². The molecule has 0 radical (unpaired) electrons. The van der Waals surface area contributed by atoms with Crippen molar-refractivity contribution in [2.45, 2.75) is 38.5 Å². The van der Waals surface area contributed by atoms with E-state index in [-0.39, 0.29) is 5.92 Å². The van der Waals surface area contributed by atoms with Crippen LogP contribution in [0.1, 0.15) is 49.7 Å². The van der Waals surface area contributed by atoms with Crippen LogP contribution in [0.2, 0.25) is 0 Å². The highest BCUT2D eigenvalue weighted by atomic mass is 16.4. The van der Waals surface area contributed by atoms with E-state index < -0.39 is 0 Å². The fourth-order valence-electron chi connectivity index (χ4n) is 3.91. The molecule has 0 amide bonds. The zero-order chi connectivity index (χ0) is 14.7.